The Morgan fingerprint density at radius 3 is 2.75 bits per heavy atom. The third kappa shape index (κ3) is 3.55. The molecule has 1 aliphatic carbocycles. The van der Waals surface area contributed by atoms with Crippen molar-refractivity contribution in [2.75, 3.05) is 6.61 Å². The van der Waals surface area contributed by atoms with Gasteiger partial charge in [0, 0.05) is 12.6 Å². The van der Waals surface area contributed by atoms with Crippen molar-refractivity contribution >= 4 is 0 Å². The number of ether oxygens (including phenoxy) is 1. The van der Waals surface area contributed by atoms with Crippen LogP contribution in [0.4, 0.5) is 0 Å². The molecule has 2 heteroatoms. The van der Waals surface area contributed by atoms with Crippen molar-refractivity contribution in [3.8, 4) is 0 Å². The molecule has 0 aromatic heterocycles. The molecule has 0 aliphatic heterocycles. The van der Waals surface area contributed by atoms with E-state index in [-0.39, 0.29) is 0 Å². The summed E-state index contributed by atoms with van der Waals surface area (Å²) in [4.78, 5) is 0. The molecule has 1 fully saturated rings. The molecule has 0 amide bonds. The molecular weight excluding hydrogens is 150 g/mol. The van der Waals surface area contributed by atoms with Gasteiger partial charge in [0.05, 0.1) is 6.10 Å². The van der Waals surface area contributed by atoms with Crippen molar-refractivity contribution < 1.29 is 4.74 Å². The zero-order chi connectivity index (χ0) is 8.81. The van der Waals surface area contributed by atoms with Gasteiger partial charge >= 0.3 is 0 Å². The first-order chi connectivity index (χ1) is 5.83. The van der Waals surface area contributed by atoms with E-state index in [1.54, 1.807) is 0 Å². The van der Waals surface area contributed by atoms with Crippen molar-refractivity contribution in [1.82, 2.24) is 0 Å². The van der Waals surface area contributed by atoms with Crippen LogP contribution in [0.2, 0.25) is 0 Å². The summed E-state index contributed by atoms with van der Waals surface area (Å²) in [6.45, 7) is 3.15. The van der Waals surface area contributed by atoms with Gasteiger partial charge in [0.2, 0.25) is 0 Å². The lowest BCUT2D eigenvalue weighted by Crippen LogP contribution is -2.17. The molecule has 0 heterocycles. The van der Waals surface area contributed by atoms with E-state index in [9.17, 15) is 0 Å². The molecule has 0 aromatic carbocycles. The van der Waals surface area contributed by atoms with Crippen LogP contribution in [0.25, 0.3) is 0 Å². The quantitative estimate of drug-likeness (QED) is 0.643. The van der Waals surface area contributed by atoms with Gasteiger partial charge in [-0.1, -0.05) is 19.8 Å². The number of hydrogen-bond donors (Lipinski definition) is 1. The summed E-state index contributed by atoms with van der Waals surface area (Å²) >= 11 is 0. The highest BCUT2D eigenvalue weighted by Gasteiger charge is 2.21. The van der Waals surface area contributed by atoms with Crippen LogP contribution in [0.15, 0.2) is 0 Å². The molecule has 0 unspecified atom stereocenters. The van der Waals surface area contributed by atoms with Crippen LogP contribution in [0.1, 0.15) is 45.4 Å². The van der Waals surface area contributed by atoms with Crippen molar-refractivity contribution in [1.29, 1.82) is 0 Å². The average molecular weight is 171 g/mol. The van der Waals surface area contributed by atoms with Crippen LogP contribution in [0.5, 0.6) is 0 Å². The zero-order valence-corrected chi connectivity index (χ0v) is 8.09. The molecule has 0 aromatic rings. The molecule has 0 radical (unpaired) electrons. The molecule has 72 valence electrons. The van der Waals surface area contributed by atoms with E-state index in [1.807, 2.05) is 0 Å². The predicted octanol–water partition coefficient (Wildman–Crippen LogP) is 2.07. The first-order valence-electron chi connectivity index (χ1n) is 5.20. The summed E-state index contributed by atoms with van der Waals surface area (Å²) in [6.07, 6.45) is 7.64. The summed E-state index contributed by atoms with van der Waals surface area (Å²) in [5.41, 5.74) is 5.78. The van der Waals surface area contributed by atoms with E-state index >= 15 is 0 Å². The molecule has 12 heavy (non-hydrogen) atoms. The van der Waals surface area contributed by atoms with Crippen molar-refractivity contribution in [3.05, 3.63) is 0 Å². The Hall–Kier alpha value is -0.0800. The molecule has 1 rings (SSSR count). The van der Waals surface area contributed by atoms with Crippen LogP contribution in [-0.4, -0.2) is 18.8 Å². The highest BCUT2D eigenvalue weighted by Crippen LogP contribution is 2.20. The summed E-state index contributed by atoms with van der Waals surface area (Å²) in [5.74, 6) is 0. The van der Waals surface area contributed by atoms with Gasteiger partial charge < -0.3 is 10.5 Å². The molecule has 2 N–H and O–H groups in total. The second-order valence-corrected chi connectivity index (χ2v) is 3.77. The molecule has 0 saturated heterocycles. The van der Waals surface area contributed by atoms with Gasteiger partial charge in [0.25, 0.3) is 0 Å². The van der Waals surface area contributed by atoms with Gasteiger partial charge in [0.1, 0.15) is 0 Å². The van der Waals surface area contributed by atoms with Crippen LogP contribution in [0.3, 0.4) is 0 Å². The maximum atomic E-state index is 5.78. The summed E-state index contributed by atoms with van der Waals surface area (Å²) < 4.78 is 5.70. The smallest absolute Gasteiger partial charge is 0.0590 e. The number of rotatable bonds is 5. The molecule has 0 bridgehead atoms. The second kappa shape index (κ2) is 5.55. The van der Waals surface area contributed by atoms with Gasteiger partial charge in [-0.15, -0.1) is 0 Å². The van der Waals surface area contributed by atoms with E-state index in [0.717, 1.165) is 19.4 Å². The summed E-state index contributed by atoms with van der Waals surface area (Å²) in [6, 6.07) is 0.404. The third-order valence-electron chi connectivity index (χ3n) is 2.53. The third-order valence-corrected chi connectivity index (χ3v) is 2.53. The Morgan fingerprint density at radius 1 is 1.33 bits per heavy atom. The van der Waals surface area contributed by atoms with Gasteiger partial charge in [-0.05, 0) is 25.7 Å². The van der Waals surface area contributed by atoms with E-state index in [2.05, 4.69) is 6.92 Å². The Morgan fingerprint density at radius 2 is 2.17 bits per heavy atom. The SMILES string of the molecule is CCCCCO[C@H]1CC[C@H](N)C1. The largest absolute Gasteiger partial charge is 0.378 e. The van der Waals surface area contributed by atoms with E-state index in [1.165, 1.54) is 25.7 Å². The molecular formula is C10H21NO. The Kier molecular flexibility index (Phi) is 4.62. The molecule has 1 saturated carbocycles. The zero-order valence-electron chi connectivity index (χ0n) is 8.09. The second-order valence-electron chi connectivity index (χ2n) is 3.77. The molecule has 2 atom stereocenters. The monoisotopic (exact) mass is 171 g/mol. The Balaban J connectivity index is 1.93. The van der Waals surface area contributed by atoms with Gasteiger partial charge in [-0.3, -0.25) is 0 Å². The lowest BCUT2D eigenvalue weighted by Gasteiger charge is -2.10. The Labute approximate surface area is 75.5 Å². The van der Waals surface area contributed by atoms with Gasteiger partial charge in [-0.25, -0.2) is 0 Å². The molecule has 0 spiro atoms. The molecule has 2 nitrogen and oxygen atoms in total. The van der Waals surface area contributed by atoms with E-state index < -0.39 is 0 Å². The summed E-state index contributed by atoms with van der Waals surface area (Å²) in [5, 5.41) is 0. The van der Waals surface area contributed by atoms with Crippen LogP contribution in [-0.2, 0) is 4.74 Å². The van der Waals surface area contributed by atoms with Crippen LogP contribution < -0.4 is 5.73 Å². The highest BCUT2D eigenvalue weighted by atomic mass is 16.5. The minimum Gasteiger partial charge on any atom is -0.378 e. The molecule has 1 aliphatic rings. The topological polar surface area (TPSA) is 35.2 Å². The van der Waals surface area contributed by atoms with E-state index in [4.69, 9.17) is 10.5 Å². The van der Waals surface area contributed by atoms with E-state index in [0.29, 0.717) is 12.1 Å². The fourth-order valence-electron chi connectivity index (χ4n) is 1.73. The number of hydrogen-bond acceptors (Lipinski definition) is 2. The van der Waals surface area contributed by atoms with Crippen LogP contribution >= 0.6 is 0 Å². The Bertz CT molecular complexity index is 116. The maximum absolute atomic E-state index is 5.78. The minimum atomic E-state index is 0.404. The highest BCUT2D eigenvalue weighted by molar-refractivity contribution is 4.77. The standard InChI is InChI=1S/C10H21NO/c1-2-3-4-7-12-10-6-5-9(11)8-10/h9-10H,2-8,11H2,1H3/t9-,10-/m0/s1. The number of unbranched alkanes of at least 4 members (excludes halogenated alkanes) is 2. The average Bonchev–Trinajstić information content (AvgIpc) is 2.45. The normalized spacial score (nSPS) is 29.5. The summed E-state index contributed by atoms with van der Waals surface area (Å²) in [7, 11) is 0. The number of nitrogens with two attached hydrogens (primary N) is 1. The van der Waals surface area contributed by atoms with Crippen LogP contribution in [0, 0.1) is 0 Å². The predicted molar refractivity (Wildman–Crippen MR) is 51.1 cm³/mol. The fraction of sp³-hybridized carbons (Fsp3) is 1.00. The first kappa shape index (κ1) is 10.0. The fourth-order valence-corrected chi connectivity index (χ4v) is 1.73. The lowest BCUT2D eigenvalue weighted by molar-refractivity contribution is 0.0550. The van der Waals surface area contributed by atoms with Crippen molar-refractivity contribution in [2.24, 2.45) is 5.73 Å². The van der Waals surface area contributed by atoms with Crippen molar-refractivity contribution in [3.63, 3.8) is 0 Å². The van der Waals surface area contributed by atoms with Gasteiger partial charge in [-0.2, -0.15) is 0 Å². The van der Waals surface area contributed by atoms with Gasteiger partial charge in [0.15, 0.2) is 0 Å². The maximum Gasteiger partial charge on any atom is 0.0590 e. The van der Waals surface area contributed by atoms with Crippen molar-refractivity contribution in [2.45, 2.75) is 57.6 Å². The first-order valence-corrected chi connectivity index (χ1v) is 5.20. The minimum absolute atomic E-state index is 0.404. The lowest BCUT2D eigenvalue weighted by atomic mass is 10.2.